The van der Waals surface area contributed by atoms with Crippen LogP contribution in [0.25, 0.3) is 0 Å². The van der Waals surface area contributed by atoms with E-state index in [0.29, 0.717) is 32.2 Å². The fourth-order valence-corrected chi connectivity index (χ4v) is 3.26. The van der Waals surface area contributed by atoms with E-state index in [1.807, 2.05) is 13.2 Å². The third-order valence-corrected chi connectivity index (χ3v) is 4.87. The van der Waals surface area contributed by atoms with Crippen LogP contribution < -0.4 is 16.0 Å². The normalized spacial score (nSPS) is 17.2. The minimum absolute atomic E-state index is 0. The number of nitrogens with one attached hydrogen (secondary N) is 1. The number of likely N-dealkylation sites (N-methyl/N-ethyl adjacent to an activating group) is 1. The summed E-state index contributed by atoms with van der Waals surface area (Å²) in [5, 5.41) is 3.02. The zero-order valence-corrected chi connectivity index (χ0v) is 17.3. The molecule has 3 N–H and O–H groups in total. The van der Waals surface area contributed by atoms with Gasteiger partial charge < -0.3 is 20.7 Å². The summed E-state index contributed by atoms with van der Waals surface area (Å²) in [6, 6.07) is 4.59. The van der Waals surface area contributed by atoms with E-state index in [1.165, 1.54) is 18.4 Å². The molecule has 0 spiro atoms. The lowest BCUT2D eigenvalue weighted by Gasteiger charge is -2.35. The highest BCUT2D eigenvalue weighted by atomic mass is 35.5. The second kappa shape index (κ2) is 12.9. The predicted molar refractivity (Wildman–Crippen MR) is 111 cm³/mol. The highest BCUT2D eigenvalue weighted by Gasteiger charge is 2.23. The first-order valence-corrected chi connectivity index (χ1v) is 9.50. The number of piperidine rings is 1. The Kier molecular flexibility index (Phi) is 11.3. The largest absolute Gasteiger partial charge is 0.383 e. The molecule has 1 aromatic heterocycles. The fraction of sp³-hybridized carbons (Fsp3) is 0.684. The summed E-state index contributed by atoms with van der Waals surface area (Å²) in [6.07, 6.45) is 5.90. The zero-order chi connectivity index (χ0) is 18.8. The molecule has 7 nitrogen and oxygen atoms in total. The van der Waals surface area contributed by atoms with E-state index in [9.17, 15) is 4.79 Å². The maximum atomic E-state index is 11.7. The summed E-state index contributed by atoms with van der Waals surface area (Å²) in [6.45, 7) is 4.53. The highest BCUT2D eigenvalue weighted by Crippen LogP contribution is 2.20. The van der Waals surface area contributed by atoms with Crippen LogP contribution in [0.2, 0.25) is 0 Å². The van der Waals surface area contributed by atoms with E-state index in [-0.39, 0.29) is 18.3 Å². The molecule has 0 aliphatic carbocycles. The molecule has 1 aromatic rings. The van der Waals surface area contributed by atoms with Crippen LogP contribution >= 0.6 is 12.4 Å². The first kappa shape index (κ1) is 23.6. The second-order valence-electron chi connectivity index (χ2n) is 6.90. The monoisotopic (exact) mass is 399 g/mol. The molecular weight excluding hydrogens is 366 g/mol. The van der Waals surface area contributed by atoms with Crippen molar-refractivity contribution in [3.8, 4) is 0 Å². The third-order valence-electron chi connectivity index (χ3n) is 4.87. The molecule has 154 valence electrons. The third kappa shape index (κ3) is 8.01. The van der Waals surface area contributed by atoms with Crippen LogP contribution in [0, 0.1) is 0 Å². The minimum Gasteiger partial charge on any atom is -0.383 e. The van der Waals surface area contributed by atoms with Gasteiger partial charge in [-0.3, -0.25) is 9.69 Å². The van der Waals surface area contributed by atoms with Crippen LogP contribution in [0.3, 0.4) is 0 Å². The Morgan fingerprint density at radius 1 is 1.44 bits per heavy atom. The first-order chi connectivity index (χ1) is 12.6. The second-order valence-corrected chi connectivity index (χ2v) is 6.90. The van der Waals surface area contributed by atoms with Gasteiger partial charge in [0.2, 0.25) is 5.91 Å². The maximum absolute atomic E-state index is 11.7. The Bertz CT molecular complexity index is 543. The van der Waals surface area contributed by atoms with Crippen molar-refractivity contribution in [3.05, 3.63) is 23.9 Å². The van der Waals surface area contributed by atoms with Crippen molar-refractivity contribution in [2.24, 2.45) is 5.73 Å². The summed E-state index contributed by atoms with van der Waals surface area (Å²) in [5.74, 6) is 0.998. The molecule has 0 bridgehead atoms. The quantitative estimate of drug-likeness (QED) is 0.618. The Hall–Kier alpha value is -1.41. The summed E-state index contributed by atoms with van der Waals surface area (Å²) >= 11 is 0. The number of carbonyl (C=O) groups excluding carboxylic acids is 1. The van der Waals surface area contributed by atoms with Gasteiger partial charge in [-0.05, 0) is 31.0 Å². The average molecular weight is 400 g/mol. The van der Waals surface area contributed by atoms with Crippen molar-refractivity contribution >= 4 is 24.1 Å². The molecule has 1 atom stereocenters. The van der Waals surface area contributed by atoms with Crippen LogP contribution in [0.15, 0.2) is 18.3 Å². The standard InChI is InChI=1S/C19H33N5O2.ClH/c1-23(11-12-26-2)18-7-6-16(13-21-18)15-24-10-4-3-5-17(24)14-22-19(25)8-9-20;/h6-7,13,17H,3-5,8-12,14-15,20H2,1-2H3,(H,22,25);1H. The number of hydrogen-bond acceptors (Lipinski definition) is 6. The van der Waals surface area contributed by atoms with E-state index in [4.69, 9.17) is 10.5 Å². The zero-order valence-electron chi connectivity index (χ0n) is 16.5. The van der Waals surface area contributed by atoms with Gasteiger partial charge in [0, 0.05) is 59.0 Å². The van der Waals surface area contributed by atoms with Gasteiger partial charge in [0.25, 0.3) is 0 Å². The molecule has 1 aliphatic heterocycles. The van der Waals surface area contributed by atoms with Crippen LogP contribution in [0.4, 0.5) is 5.82 Å². The van der Waals surface area contributed by atoms with Gasteiger partial charge >= 0.3 is 0 Å². The molecule has 0 radical (unpaired) electrons. The van der Waals surface area contributed by atoms with E-state index < -0.39 is 0 Å². The molecule has 0 aromatic carbocycles. The van der Waals surface area contributed by atoms with Crippen molar-refractivity contribution < 1.29 is 9.53 Å². The van der Waals surface area contributed by atoms with Crippen LogP contribution in [0.5, 0.6) is 0 Å². The van der Waals surface area contributed by atoms with Crippen molar-refractivity contribution in [2.45, 2.75) is 38.3 Å². The molecule has 8 heteroatoms. The smallest absolute Gasteiger partial charge is 0.221 e. The molecule has 0 saturated carbocycles. The van der Waals surface area contributed by atoms with E-state index in [1.54, 1.807) is 7.11 Å². The van der Waals surface area contributed by atoms with Gasteiger partial charge in [0.15, 0.2) is 0 Å². The molecular formula is C19H34ClN5O2. The average Bonchev–Trinajstić information content (AvgIpc) is 2.66. The minimum atomic E-state index is 0. The molecule has 1 fully saturated rings. The first-order valence-electron chi connectivity index (χ1n) is 9.50. The van der Waals surface area contributed by atoms with E-state index >= 15 is 0 Å². The Morgan fingerprint density at radius 2 is 2.26 bits per heavy atom. The predicted octanol–water partition coefficient (Wildman–Crippen LogP) is 1.41. The Balaban J connectivity index is 0.00000364. The summed E-state index contributed by atoms with van der Waals surface area (Å²) < 4.78 is 5.11. The fourth-order valence-electron chi connectivity index (χ4n) is 3.26. The number of hydrogen-bond donors (Lipinski definition) is 2. The van der Waals surface area contributed by atoms with Crippen LogP contribution in [-0.2, 0) is 16.1 Å². The van der Waals surface area contributed by atoms with Crippen molar-refractivity contribution in [1.29, 1.82) is 0 Å². The number of halogens is 1. The topological polar surface area (TPSA) is 83.7 Å². The molecule has 1 aliphatic rings. The number of nitrogens with two attached hydrogens (primary N) is 1. The molecule has 2 rings (SSSR count). The number of ether oxygens (including phenoxy) is 1. The number of amides is 1. The lowest BCUT2D eigenvalue weighted by Crippen LogP contribution is -2.46. The number of likely N-dealkylation sites (tertiary alicyclic amines) is 1. The van der Waals surface area contributed by atoms with Gasteiger partial charge in [0.1, 0.15) is 5.82 Å². The molecule has 27 heavy (non-hydrogen) atoms. The lowest BCUT2D eigenvalue weighted by atomic mass is 10.0. The summed E-state index contributed by atoms with van der Waals surface area (Å²) in [5.41, 5.74) is 6.64. The molecule has 1 saturated heterocycles. The highest BCUT2D eigenvalue weighted by molar-refractivity contribution is 5.85. The Labute approximate surface area is 169 Å². The Morgan fingerprint density at radius 3 is 2.93 bits per heavy atom. The van der Waals surface area contributed by atoms with E-state index in [0.717, 1.165) is 31.9 Å². The number of carbonyl (C=O) groups is 1. The van der Waals surface area contributed by atoms with Crippen molar-refractivity contribution in [3.63, 3.8) is 0 Å². The number of anilines is 1. The maximum Gasteiger partial charge on any atom is 0.221 e. The van der Waals surface area contributed by atoms with Gasteiger partial charge in [-0.1, -0.05) is 12.5 Å². The van der Waals surface area contributed by atoms with Crippen molar-refractivity contribution in [1.82, 2.24) is 15.2 Å². The summed E-state index contributed by atoms with van der Waals surface area (Å²) in [4.78, 5) is 20.8. The number of nitrogens with zero attached hydrogens (tertiary/aromatic N) is 3. The van der Waals surface area contributed by atoms with Crippen molar-refractivity contribution in [2.75, 3.05) is 51.8 Å². The number of rotatable bonds is 10. The number of pyridine rings is 1. The van der Waals surface area contributed by atoms with Gasteiger partial charge in [0.05, 0.1) is 6.61 Å². The van der Waals surface area contributed by atoms with Crippen LogP contribution in [0.1, 0.15) is 31.2 Å². The molecule has 1 unspecified atom stereocenters. The molecule has 1 amide bonds. The van der Waals surface area contributed by atoms with Gasteiger partial charge in [-0.15, -0.1) is 12.4 Å². The lowest BCUT2D eigenvalue weighted by molar-refractivity contribution is -0.121. The SMILES string of the molecule is COCCN(C)c1ccc(CN2CCCCC2CNC(=O)CCN)cn1.Cl. The van der Waals surface area contributed by atoms with Gasteiger partial charge in [-0.25, -0.2) is 4.98 Å². The van der Waals surface area contributed by atoms with E-state index in [2.05, 4.69) is 32.2 Å². The van der Waals surface area contributed by atoms with Gasteiger partial charge in [-0.2, -0.15) is 0 Å². The summed E-state index contributed by atoms with van der Waals surface area (Å²) in [7, 11) is 3.73. The number of aromatic nitrogens is 1. The van der Waals surface area contributed by atoms with Crippen LogP contribution in [-0.4, -0.2) is 68.8 Å². The molecule has 2 heterocycles. The number of methoxy groups -OCH3 is 1.